The highest BCUT2D eigenvalue weighted by atomic mass is 32.2. The van der Waals surface area contributed by atoms with Gasteiger partial charge in [0.15, 0.2) is 6.04 Å². The number of aliphatic carboxylic acids is 1. The number of phosphoric ester groups is 2. The van der Waals surface area contributed by atoms with Crippen molar-refractivity contribution in [1.29, 1.82) is 0 Å². The molecule has 0 aliphatic carbocycles. The van der Waals surface area contributed by atoms with E-state index < -0.39 is 214 Å². The van der Waals surface area contributed by atoms with Crippen molar-refractivity contribution in [1.82, 2.24) is 57.0 Å². The second-order valence-electron chi connectivity index (χ2n) is 23.2. The van der Waals surface area contributed by atoms with Gasteiger partial charge < -0.3 is 97.0 Å². The lowest BCUT2D eigenvalue weighted by Gasteiger charge is -2.29. The van der Waals surface area contributed by atoms with Gasteiger partial charge in [-0.2, -0.15) is 11.8 Å². The average molecular weight is 1550 g/mol. The molecule has 0 spiro atoms. The molecule has 0 bridgehead atoms. The maximum absolute atomic E-state index is 15.0. The average Bonchev–Trinajstić information content (AvgIpc) is 1.63. The maximum Gasteiger partial charge on any atom is 0.526 e. The standard InChI is InChI=1S/C53H81N12O30P5S/c1-26(2)20-35(48(72)55-34(18-19-101-6)47(71)60-38(24-41(67)64-97(82,83)84)51(75)62-44(53(77)78)28(5)94-99(88,89)90)58-49(73)37(22-30-25-65(98(85,86)87)39-15-11-10-14-31(30)39)59-46(70)33(16-17-40(66)63-96(79,80)81)56-52(76)43(27(3)4)61-50(74)36(21-29-12-8-7-9-13-29)57-45(69)32(54)23-42(68)95-100(91,92)93/h7-15,25-28,32-38,43-44H,16-24,54H2,1-6H3,(H,55,72)(H,56,76)(H,57,69)(H,58,73)(H,59,70)(H,60,71)(H,61,74)(H,62,75)(H,77,78)(H2,85,86,87)(H2,88,89,90)(H2,91,92,93)(H3,63,66,79,80,81)(H3,64,67,82,83,84)/t28-,32+,33+,34+,35+,36+,37+,38+,43+,44+/m1/s1. The lowest BCUT2D eigenvalue weighted by Crippen LogP contribution is -2.61. The molecule has 0 radical (unpaired) electrons. The Labute approximate surface area is 578 Å². The van der Waals surface area contributed by atoms with Crippen LogP contribution in [0.3, 0.4) is 0 Å². The number of hydrogen-bond acceptors (Lipinski definition) is 21. The summed E-state index contributed by atoms with van der Waals surface area (Å²) in [6.07, 6.45) is -5.71. The van der Waals surface area contributed by atoms with Gasteiger partial charge in [0.1, 0.15) is 42.3 Å². The number of carboxylic acids is 1. The number of carbonyl (C=O) groups is 12. The Kier molecular flexibility index (Phi) is 33.7. The Bertz CT molecular complexity index is 3750. The van der Waals surface area contributed by atoms with Crippen molar-refractivity contribution in [3.05, 3.63) is 71.9 Å². The van der Waals surface area contributed by atoms with Gasteiger partial charge in [-0.15, -0.1) is 0 Å². The molecule has 3 aromatic rings. The van der Waals surface area contributed by atoms with E-state index in [9.17, 15) is 120 Å². The number of nitrogens with two attached hydrogens (primary N) is 1. The van der Waals surface area contributed by atoms with E-state index in [0.717, 1.165) is 24.9 Å². The second kappa shape index (κ2) is 38.8. The van der Waals surface area contributed by atoms with E-state index in [2.05, 4.69) is 46.3 Å². The number of amides is 10. The van der Waals surface area contributed by atoms with Gasteiger partial charge in [-0.25, -0.2) is 27.6 Å². The molecular formula is C53H81N12O30P5S. The van der Waals surface area contributed by atoms with Crippen molar-refractivity contribution >= 4 is 133 Å². The van der Waals surface area contributed by atoms with Crippen LogP contribution in [0.5, 0.6) is 0 Å². The molecule has 2 aromatic carbocycles. The number of fused-ring (bicyclic) bond motifs is 1. The van der Waals surface area contributed by atoms with Crippen LogP contribution < -0.4 is 58.4 Å². The van der Waals surface area contributed by atoms with Crippen LogP contribution in [0.25, 0.3) is 10.9 Å². The molecule has 3 rings (SSSR count). The molecule has 0 saturated carbocycles. The fourth-order valence-electron chi connectivity index (χ4n) is 9.44. The maximum atomic E-state index is 15.0. The van der Waals surface area contributed by atoms with Gasteiger partial charge in [-0.1, -0.05) is 76.2 Å². The third kappa shape index (κ3) is 31.8. The fraction of sp³-hybridized carbons (Fsp3) is 0.509. The molecule has 0 unspecified atom stereocenters. The van der Waals surface area contributed by atoms with Crippen LogP contribution in [-0.4, -0.2) is 202 Å². The highest BCUT2D eigenvalue weighted by Crippen LogP contribution is 2.42. The number of benzene rings is 2. The first-order valence-electron chi connectivity index (χ1n) is 29.8. The molecule has 0 aliphatic heterocycles. The smallest absolute Gasteiger partial charge is 0.480 e. The molecule has 101 heavy (non-hydrogen) atoms. The van der Waals surface area contributed by atoms with Crippen LogP contribution in [0.4, 0.5) is 0 Å². The summed E-state index contributed by atoms with van der Waals surface area (Å²) in [7, 11) is -26.8. The first-order valence-corrected chi connectivity index (χ1v) is 39.1. The molecular weight excluding hydrogens is 1470 g/mol. The van der Waals surface area contributed by atoms with Crippen molar-refractivity contribution in [2.45, 2.75) is 146 Å². The number of carboxylic acid groups (broad SMARTS) is 1. The van der Waals surface area contributed by atoms with Crippen LogP contribution in [0.15, 0.2) is 60.8 Å². The van der Waals surface area contributed by atoms with Gasteiger partial charge in [-0.3, -0.25) is 81.6 Å². The number of thioether (sulfide) groups is 1. The van der Waals surface area contributed by atoms with Crippen LogP contribution in [-0.2, 0) is 102 Å². The Morgan fingerprint density at radius 2 is 0.990 bits per heavy atom. The summed E-state index contributed by atoms with van der Waals surface area (Å²) >= 11 is 1.09. The van der Waals surface area contributed by atoms with Gasteiger partial charge in [0.05, 0.1) is 30.5 Å². The Balaban J connectivity index is 2.19. The van der Waals surface area contributed by atoms with Crippen molar-refractivity contribution in [3.8, 4) is 0 Å². The number of carbonyl (C=O) groups excluding carboxylic acids is 11. The number of rotatable bonds is 41. The molecule has 1 aromatic heterocycles. The van der Waals surface area contributed by atoms with Gasteiger partial charge in [0, 0.05) is 30.8 Å². The normalized spacial score (nSPS) is 15.1. The lowest BCUT2D eigenvalue weighted by molar-refractivity contribution is -0.145. The molecule has 0 aliphatic rings. The number of phosphoric acid groups is 2. The first kappa shape index (κ1) is 87.9. The quantitative estimate of drug-likeness (QED) is 0.0243. The van der Waals surface area contributed by atoms with Crippen LogP contribution in [0.1, 0.15) is 84.3 Å². The Hall–Kier alpha value is -7.36. The zero-order valence-electron chi connectivity index (χ0n) is 54.4. The van der Waals surface area contributed by atoms with Crippen LogP contribution in [0.2, 0.25) is 0 Å². The van der Waals surface area contributed by atoms with E-state index in [0.29, 0.717) is 9.90 Å². The minimum atomic E-state index is -5.44. The minimum Gasteiger partial charge on any atom is -0.480 e. The van der Waals surface area contributed by atoms with Crippen LogP contribution >= 0.6 is 50.6 Å². The van der Waals surface area contributed by atoms with Gasteiger partial charge in [-0.05, 0) is 67.2 Å². The third-order valence-electron chi connectivity index (χ3n) is 14.0. The second-order valence-corrected chi connectivity index (χ2v) is 30.6. The third-order valence-corrected chi connectivity index (χ3v) is 17.7. The van der Waals surface area contributed by atoms with Crippen molar-refractivity contribution in [2.24, 2.45) is 17.6 Å². The molecule has 564 valence electrons. The summed E-state index contributed by atoms with van der Waals surface area (Å²) in [6, 6.07) is -4.37. The Morgan fingerprint density at radius 3 is 1.52 bits per heavy atom. The minimum absolute atomic E-state index is 0.00293. The lowest BCUT2D eigenvalue weighted by atomic mass is 9.99. The van der Waals surface area contributed by atoms with Gasteiger partial charge >= 0.3 is 50.8 Å². The molecule has 1 heterocycles. The van der Waals surface area contributed by atoms with E-state index in [4.69, 9.17) is 15.5 Å². The summed E-state index contributed by atoms with van der Waals surface area (Å²) in [5.41, 5.74) is 6.03. The molecule has 0 saturated heterocycles. The first-order chi connectivity index (χ1) is 46.5. The largest absolute Gasteiger partial charge is 0.526 e. The van der Waals surface area contributed by atoms with E-state index in [1.54, 1.807) is 38.3 Å². The topological polar surface area (TPSA) is 682 Å². The highest BCUT2D eigenvalue weighted by Gasteiger charge is 2.40. The van der Waals surface area contributed by atoms with Crippen molar-refractivity contribution in [3.63, 3.8) is 0 Å². The zero-order chi connectivity index (χ0) is 76.9. The van der Waals surface area contributed by atoms with Crippen LogP contribution in [0, 0.1) is 11.8 Å². The van der Waals surface area contributed by atoms with E-state index in [1.807, 2.05) is 5.32 Å². The molecule has 10 amide bonds. The molecule has 42 nitrogen and oxygen atoms in total. The summed E-state index contributed by atoms with van der Waals surface area (Å²) in [4.78, 5) is 260. The SMILES string of the molecule is CSCC[C@H](NC(=O)[C@H](CC(C)C)NC(=O)[C@H](Cc1cn(P(=O)(O)O)c2ccccc12)NC(=O)[C@H](CCC(=O)NP(=O)(O)O)NC(=O)[C@@H](NC(=O)[C@H](Cc1ccccc1)NC(=O)[C@@H](N)CC(=O)OP(=O)(O)O)C(C)C)C(=O)N[C@@H](CC(=O)NP(=O)(O)O)C(=O)N[C@H](C(=O)O)[C@@H](C)OP(=O)(O)O. The summed E-state index contributed by atoms with van der Waals surface area (Å²) in [5, 5.41) is 30.7. The molecule has 10 atom stereocenters. The summed E-state index contributed by atoms with van der Waals surface area (Å²) < 4.78 is 68.0. The van der Waals surface area contributed by atoms with E-state index in [1.165, 1.54) is 60.4 Å². The number of nitrogens with one attached hydrogen (secondary N) is 10. The zero-order valence-corrected chi connectivity index (χ0v) is 59.7. The number of aromatic nitrogens is 1. The number of hydrogen-bond donors (Lipinski definition) is 22. The van der Waals surface area contributed by atoms with E-state index >= 15 is 4.79 Å². The van der Waals surface area contributed by atoms with Gasteiger partial charge in [0.25, 0.3) is 0 Å². The molecule has 48 heteroatoms. The predicted molar refractivity (Wildman–Crippen MR) is 351 cm³/mol. The highest BCUT2D eigenvalue weighted by molar-refractivity contribution is 7.98. The summed E-state index contributed by atoms with van der Waals surface area (Å²) in [5.74, 6) is -18.6. The van der Waals surface area contributed by atoms with Crippen molar-refractivity contribution in [2.75, 3.05) is 12.0 Å². The summed E-state index contributed by atoms with van der Waals surface area (Å²) in [6.45, 7) is 6.70. The monoisotopic (exact) mass is 1550 g/mol. The van der Waals surface area contributed by atoms with Crippen molar-refractivity contribution < 1.29 is 143 Å². The number of para-hydroxylation sites is 1. The van der Waals surface area contributed by atoms with Gasteiger partial charge in [0.2, 0.25) is 59.1 Å². The van der Waals surface area contributed by atoms with E-state index in [-0.39, 0.29) is 41.5 Å². The fourth-order valence-corrected chi connectivity index (χ4v) is 12.4. The predicted octanol–water partition coefficient (Wildman–Crippen LogP) is -3.78. The Morgan fingerprint density at radius 1 is 0.525 bits per heavy atom. The molecule has 0 fully saturated rings. The number of nitrogens with zero attached hydrogens (tertiary/aromatic N) is 1. The molecule has 23 N–H and O–H groups in total.